The molecule has 1 aliphatic heterocycles. The molecule has 0 spiro atoms. The summed E-state index contributed by atoms with van der Waals surface area (Å²) >= 11 is 0. The van der Waals surface area contributed by atoms with Gasteiger partial charge in [0.05, 0.1) is 0 Å². The van der Waals surface area contributed by atoms with Crippen molar-refractivity contribution >= 4 is 23.5 Å². The van der Waals surface area contributed by atoms with E-state index >= 15 is 0 Å². The maximum Gasteiger partial charge on any atom is 0.325 e. The van der Waals surface area contributed by atoms with Crippen molar-refractivity contribution in [2.75, 3.05) is 11.9 Å². The SMILES string of the molecule is CC(C)C1NC(=O)N(CC(=O)Nc2c(F)cccc2F)C1=O. The van der Waals surface area contributed by atoms with Crippen LogP contribution in [0, 0.1) is 17.6 Å². The predicted molar refractivity (Wildman–Crippen MR) is 73.9 cm³/mol. The average Bonchev–Trinajstić information content (AvgIpc) is 2.71. The van der Waals surface area contributed by atoms with Crippen molar-refractivity contribution in [2.45, 2.75) is 19.9 Å². The van der Waals surface area contributed by atoms with Crippen LogP contribution in [0.1, 0.15) is 13.8 Å². The second-order valence-electron chi connectivity index (χ2n) is 5.24. The third kappa shape index (κ3) is 3.05. The minimum atomic E-state index is -0.939. The molecule has 8 heteroatoms. The number of hydrogen-bond donors (Lipinski definition) is 2. The molecule has 1 heterocycles. The van der Waals surface area contributed by atoms with E-state index < -0.39 is 47.8 Å². The Hall–Kier alpha value is -2.51. The molecule has 22 heavy (non-hydrogen) atoms. The van der Waals surface area contributed by atoms with E-state index in [4.69, 9.17) is 0 Å². The van der Waals surface area contributed by atoms with Crippen LogP contribution in [0.5, 0.6) is 0 Å². The van der Waals surface area contributed by atoms with Gasteiger partial charge in [-0.3, -0.25) is 14.5 Å². The summed E-state index contributed by atoms with van der Waals surface area (Å²) in [6.45, 7) is 2.89. The van der Waals surface area contributed by atoms with Gasteiger partial charge in [0.1, 0.15) is 29.9 Å². The minimum Gasteiger partial charge on any atom is -0.326 e. The maximum absolute atomic E-state index is 13.4. The number of hydrogen-bond acceptors (Lipinski definition) is 3. The molecule has 6 nitrogen and oxygen atoms in total. The normalized spacial score (nSPS) is 17.9. The molecule has 1 saturated heterocycles. The molecule has 1 aromatic rings. The molecule has 118 valence electrons. The zero-order valence-electron chi connectivity index (χ0n) is 12.0. The lowest BCUT2D eigenvalue weighted by Crippen LogP contribution is -2.39. The fraction of sp³-hybridized carbons (Fsp3) is 0.357. The summed E-state index contributed by atoms with van der Waals surface area (Å²) < 4.78 is 26.9. The number of para-hydroxylation sites is 1. The first-order chi connectivity index (χ1) is 10.3. The summed E-state index contributed by atoms with van der Waals surface area (Å²) in [5, 5.41) is 4.48. The van der Waals surface area contributed by atoms with Crippen LogP contribution in [-0.2, 0) is 9.59 Å². The highest BCUT2D eigenvalue weighted by Gasteiger charge is 2.40. The number of imide groups is 1. The Bertz CT molecular complexity index is 614. The lowest BCUT2D eigenvalue weighted by Gasteiger charge is -2.14. The van der Waals surface area contributed by atoms with Crippen LogP contribution in [0.4, 0.5) is 19.3 Å². The van der Waals surface area contributed by atoms with Crippen molar-refractivity contribution in [3.05, 3.63) is 29.8 Å². The number of rotatable bonds is 4. The first-order valence-electron chi connectivity index (χ1n) is 6.67. The first kappa shape index (κ1) is 15.9. The number of benzene rings is 1. The van der Waals surface area contributed by atoms with Crippen LogP contribution in [0.2, 0.25) is 0 Å². The average molecular weight is 311 g/mol. The third-order valence-electron chi connectivity index (χ3n) is 3.25. The van der Waals surface area contributed by atoms with Crippen LogP contribution in [0.15, 0.2) is 18.2 Å². The molecular weight excluding hydrogens is 296 g/mol. The summed E-state index contributed by atoms with van der Waals surface area (Å²) in [5.74, 6) is -3.41. The van der Waals surface area contributed by atoms with Crippen LogP contribution in [0.3, 0.4) is 0 Å². The lowest BCUT2D eigenvalue weighted by atomic mass is 10.1. The van der Waals surface area contributed by atoms with Crippen LogP contribution in [-0.4, -0.2) is 35.3 Å². The first-order valence-corrected chi connectivity index (χ1v) is 6.67. The van der Waals surface area contributed by atoms with Crippen molar-refractivity contribution in [3.63, 3.8) is 0 Å². The standard InChI is InChI=1S/C14H15F2N3O3/c1-7(2)11-13(21)19(14(22)18-11)6-10(20)17-12-8(15)4-3-5-9(12)16/h3-5,7,11H,6H2,1-2H3,(H,17,20)(H,18,22). The van der Waals surface area contributed by atoms with Gasteiger partial charge in [0.2, 0.25) is 5.91 Å². The second-order valence-corrected chi connectivity index (χ2v) is 5.24. The van der Waals surface area contributed by atoms with Gasteiger partial charge in [0, 0.05) is 0 Å². The predicted octanol–water partition coefficient (Wildman–Crippen LogP) is 1.48. The molecule has 1 aromatic carbocycles. The van der Waals surface area contributed by atoms with Crippen LogP contribution < -0.4 is 10.6 Å². The number of anilines is 1. The highest BCUT2D eigenvalue weighted by atomic mass is 19.1. The van der Waals surface area contributed by atoms with Crippen molar-refractivity contribution in [3.8, 4) is 0 Å². The molecule has 0 aromatic heterocycles. The van der Waals surface area contributed by atoms with E-state index in [2.05, 4.69) is 5.32 Å². The quantitative estimate of drug-likeness (QED) is 0.827. The molecule has 1 aliphatic rings. The Kier molecular flexibility index (Phi) is 4.39. The topological polar surface area (TPSA) is 78.5 Å². The van der Waals surface area contributed by atoms with Crippen molar-refractivity contribution in [1.29, 1.82) is 0 Å². The number of halogens is 2. The number of amides is 4. The van der Waals surface area contributed by atoms with Crippen molar-refractivity contribution in [2.24, 2.45) is 5.92 Å². The number of urea groups is 1. The maximum atomic E-state index is 13.4. The fourth-order valence-corrected chi connectivity index (χ4v) is 2.08. The van der Waals surface area contributed by atoms with Crippen LogP contribution in [0.25, 0.3) is 0 Å². The Morgan fingerprint density at radius 1 is 1.32 bits per heavy atom. The lowest BCUT2D eigenvalue weighted by molar-refractivity contribution is -0.131. The largest absolute Gasteiger partial charge is 0.326 e. The van der Waals surface area contributed by atoms with E-state index in [0.717, 1.165) is 23.1 Å². The number of nitrogens with one attached hydrogen (secondary N) is 2. The molecule has 0 saturated carbocycles. The Morgan fingerprint density at radius 3 is 2.41 bits per heavy atom. The summed E-state index contributed by atoms with van der Waals surface area (Å²) in [6.07, 6.45) is 0. The van der Waals surface area contributed by atoms with Crippen molar-refractivity contribution in [1.82, 2.24) is 10.2 Å². The van der Waals surface area contributed by atoms with Crippen molar-refractivity contribution < 1.29 is 23.2 Å². The highest BCUT2D eigenvalue weighted by molar-refractivity contribution is 6.08. The Balaban J connectivity index is 2.07. The van der Waals surface area contributed by atoms with E-state index in [1.54, 1.807) is 13.8 Å². The zero-order valence-corrected chi connectivity index (χ0v) is 12.0. The number of carbonyl (C=O) groups excluding carboxylic acids is 3. The summed E-state index contributed by atoms with van der Waals surface area (Å²) in [5.41, 5.74) is -0.611. The second kappa shape index (κ2) is 6.08. The zero-order chi connectivity index (χ0) is 16.4. The molecule has 1 unspecified atom stereocenters. The fourth-order valence-electron chi connectivity index (χ4n) is 2.08. The van der Waals surface area contributed by atoms with Gasteiger partial charge in [-0.05, 0) is 18.1 Å². The summed E-state index contributed by atoms with van der Waals surface area (Å²) in [6, 6.07) is 1.73. The molecule has 0 bridgehead atoms. The van der Waals surface area contributed by atoms with Gasteiger partial charge < -0.3 is 10.6 Å². The van der Waals surface area contributed by atoms with Gasteiger partial charge in [0.25, 0.3) is 5.91 Å². The van der Waals surface area contributed by atoms with E-state index in [0.29, 0.717) is 0 Å². The van der Waals surface area contributed by atoms with Gasteiger partial charge >= 0.3 is 6.03 Å². The molecule has 1 atom stereocenters. The number of carbonyl (C=O) groups is 3. The Morgan fingerprint density at radius 2 is 1.91 bits per heavy atom. The summed E-state index contributed by atoms with van der Waals surface area (Å²) in [7, 11) is 0. The van der Waals surface area contributed by atoms with Gasteiger partial charge in [-0.1, -0.05) is 19.9 Å². The van der Waals surface area contributed by atoms with E-state index in [9.17, 15) is 23.2 Å². The summed E-state index contributed by atoms with van der Waals surface area (Å²) in [4.78, 5) is 36.2. The van der Waals surface area contributed by atoms with Gasteiger partial charge in [-0.2, -0.15) is 0 Å². The van der Waals surface area contributed by atoms with Gasteiger partial charge in [0.15, 0.2) is 0 Å². The molecule has 4 amide bonds. The highest BCUT2D eigenvalue weighted by Crippen LogP contribution is 2.18. The minimum absolute atomic E-state index is 0.131. The smallest absolute Gasteiger partial charge is 0.325 e. The van der Waals surface area contributed by atoms with E-state index in [-0.39, 0.29) is 5.92 Å². The van der Waals surface area contributed by atoms with E-state index in [1.807, 2.05) is 5.32 Å². The van der Waals surface area contributed by atoms with Crippen LogP contribution >= 0.6 is 0 Å². The Labute approximate surface area is 125 Å². The molecule has 2 N–H and O–H groups in total. The molecule has 1 fully saturated rings. The molecule has 2 rings (SSSR count). The van der Waals surface area contributed by atoms with E-state index in [1.165, 1.54) is 0 Å². The molecular formula is C14H15F2N3O3. The van der Waals surface area contributed by atoms with Gasteiger partial charge in [-0.15, -0.1) is 0 Å². The monoisotopic (exact) mass is 311 g/mol. The third-order valence-corrected chi connectivity index (χ3v) is 3.25. The van der Waals surface area contributed by atoms with Gasteiger partial charge in [-0.25, -0.2) is 13.6 Å². The molecule has 0 radical (unpaired) electrons. The number of nitrogens with zero attached hydrogens (tertiary/aromatic N) is 1. The molecule has 0 aliphatic carbocycles.